The molecule has 39 heavy (non-hydrogen) atoms. The summed E-state index contributed by atoms with van der Waals surface area (Å²) in [5, 5.41) is 11.2. The van der Waals surface area contributed by atoms with Gasteiger partial charge in [-0.05, 0) is 55.8 Å². The van der Waals surface area contributed by atoms with E-state index in [0.717, 1.165) is 11.3 Å². The number of benzene rings is 2. The minimum absolute atomic E-state index is 0.00447. The van der Waals surface area contributed by atoms with E-state index >= 15 is 0 Å². The number of nitro groups is 1. The molecule has 0 saturated carbocycles. The second-order valence-electron chi connectivity index (χ2n) is 8.48. The number of hydrogen-bond acceptors (Lipinski definition) is 8. The Balaban J connectivity index is 1.61. The zero-order chi connectivity index (χ0) is 27.8. The highest BCUT2D eigenvalue weighted by atomic mass is 35.5. The molecule has 9 nitrogen and oxygen atoms in total. The number of thiazole rings is 1. The molecule has 2 aromatic carbocycles. The van der Waals surface area contributed by atoms with Crippen LogP contribution in [0.2, 0.25) is 5.02 Å². The maximum atomic E-state index is 13.7. The molecule has 0 bridgehead atoms. The fourth-order valence-corrected chi connectivity index (χ4v) is 5.49. The fraction of sp³-hybridized carbons (Fsp3) is 0.148. The summed E-state index contributed by atoms with van der Waals surface area (Å²) in [6.07, 6.45) is 1.53. The SMILES string of the molecule is CCOC(=O)C1=C(C)N=c2s/c(=C\c3ccc(-c4ccc(Cl)c([N+](=O)[O-])c4)o3)c(=O)n2[C@H]1c1ccc(F)cc1. The van der Waals surface area contributed by atoms with E-state index in [2.05, 4.69) is 4.99 Å². The summed E-state index contributed by atoms with van der Waals surface area (Å²) in [7, 11) is 0. The first-order valence-electron chi connectivity index (χ1n) is 11.7. The van der Waals surface area contributed by atoms with Gasteiger partial charge in [0.2, 0.25) is 0 Å². The lowest BCUT2D eigenvalue weighted by molar-refractivity contribution is -0.384. The van der Waals surface area contributed by atoms with E-state index < -0.39 is 28.3 Å². The first-order chi connectivity index (χ1) is 18.7. The highest BCUT2D eigenvalue weighted by Crippen LogP contribution is 2.32. The van der Waals surface area contributed by atoms with Crippen molar-refractivity contribution in [3.05, 3.63) is 118 Å². The van der Waals surface area contributed by atoms with Crippen LogP contribution in [0.3, 0.4) is 0 Å². The van der Waals surface area contributed by atoms with Gasteiger partial charge in [0.25, 0.3) is 11.2 Å². The van der Waals surface area contributed by atoms with Crippen LogP contribution in [-0.4, -0.2) is 22.1 Å². The molecule has 0 spiro atoms. The number of aromatic nitrogens is 1. The van der Waals surface area contributed by atoms with Crippen molar-refractivity contribution in [2.45, 2.75) is 19.9 Å². The number of nitrogens with zero attached hydrogens (tertiary/aromatic N) is 3. The minimum Gasteiger partial charge on any atom is -0.463 e. The number of esters is 1. The fourth-order valence-electron chi connectivity index (χ4n) is 4.27. The lowest BCUT2D eigenvalue weighted by atomic mass is 9.96. The molecule has 12 heteroatoms. The van der Waals surface area contributed by atoms with Gasteiger partial charge in [-0.2, -0.15) is 0 Å². The van der Waals surface area contributed by atoms with Gasteiger partial charge in [0.1, 0.15) is 22.4 Å². The third kappa shape index (κ3) is 4.93. The average molecular weight is 568 g/mol. The van der Waals surface area contributed by atoms with Crippen molar-refractivity contribution in [3.8, 4) is 11.3 Å². The predicted molar refractivity (Wildman–Crippen MR) is 143 cm³/mol. The molecule has 1 atom stereocenters. The van der Waals surface area contributed by atoms with Gasteiger partial charge in [0.15, 0.2) is 4.80 Å². The van der Waals surface area contributed by atoms with Crippen molar-refractivity contribution >= 4 is 40.7 Å². The largest absolute Gasteiger partial charge is 0.463 e. The summed E-state index contributed by atoms with van der Waals surface area (Å²) in [6, 6.07) is 12.2. The van der Waals surface area contributed by atoms with E-state index in [0.29, 0.717) is 33.1 Å². The van der Waals surface area contributed by atoms with Crippen molar-refractivity contribution in [2.24, 2.45) is 4.99 Å². The first kappa shape index (κ1) is 26.3. The van der Waals surface area contributed by atoms with E-state index in [9.17, 15) is 24.1 Å². The topological polar surface area (TPSA) is 117 Å². The third-order valence-electron chi connectivity index (χ3n) is 6.03. The maximum absolute atomic E-state index is 13.7. The van der Waals surface area contributed by atoms with Crippen LogP contribution in [0.5, 0.6) is 0 Å². The number of allylic oxidation sites excluding steroid dienone is 1. The molecule has 4 aromatic rings. The monoisotopic (exact) mass is 567 g/mol. The van der Waals surface area contributed by atoms with Gasteiger partial charge in [-0.15, -0.1) is 0 Å². The smallest absolute Gasteiger partial charge is 0.338 e. The highest BCUT2D eigenvalue weighted by Gasteiger charge is 2.33. The molecule has 0 aliphatic carbocycles. The van der Waals surface area contributed by atoms with Crippen molar-refractivity contribution in [1.29, 1.82) is 0 Å². The molecule has 198 valence electrons. The van der Waals surface area contributed by atoms with Crippen molar-refractivity contribution in [1.82, 2.24) is 4.57 Å². The van der Waals surface area contributed by atoms with E-state index in [-0.39, 0.29) is 27.4 Å². The normalized spacial score (nSPS) is 15.2. The van der Waals surface area contributed by atoms with Crippen LogP contribution in [0.1, 0.15) is 31.2 Å². The summed E-state index contributed by atoms with van der Waals surface area (Å²) in [5.41, 5.74) is 0.855. The third-order valence-corrected chi connectivity index (χ3v) is 7.33. The standard InChI is InChI=1S/C27H19ClFN3O6S/c1-3-37-26(34)23-14(2)30-27-31(24(23)15-4-7-17(29)8-5-15)25(33)22(39-27)13-18-9-11-21(38-18)16-6-10-19(28)20(12-16)32(35)36/h4-13,24H,3H2,1-2H3/b22-13-/t24-/m0/s1. The van der Waals surface area contributed by atoms with Gasteiger partial charge in [-0.1, -0.05) is 35.1 Å². The number of halogens is 2. The molecular formula is C27H19ClFN3O6S. The second kappa shape index (κ2) is 10.4. The quantitative estimate of drug-likeness (QED) is 0.188. The van der Waals surface area contributed by atoms with Crippen LogP contribution in [0, 0.1) is 15.9 Å². The highest BCUT2D eigenvalue weighted by molar-refractivity contribution is 7.07. The van der Waals surface area contributed by atoms with Crippen LogP contribution in [0.15, 0.2) is 80.1 Å². The Morgan fingerprint density at radius 2 is 2.00 bits per heavy atom. The van der Waals surface area contributed by atoms with E-state index in [1.54, 1.807) is 32.0 Å². The van der Waals surface area contributed by atoms with Crippen LogP contribution >= 0.6 is 22.9 Å². The zero-order valence-corrected chi connectivity index (χ0v) is 22.1. The minimum atomic E-state index is -0.871. The number of rotatable bonds is 6. The molecule has 0 radical (unpaired) electrons. The zero-order valence-electron chi connectivity index (χ0n) is 20.5. The summed E-state index contributed by atoms with van der Waals surface area (Å²) in [6.45, 7) is 3.47. The lowest BCUT2D eigenvalue weighted by Crippen LogP contribution is -2.39. The molecule has 0 amide bonds. The summed E-state index contributed by atoms with van der Waals surface area (Å²) in [5.74, 6) is -0.398. The number of furan rings is 1. The molecule has 1 aliphatic rings. The van der Waals surface area contributed by atoms with Gasteiger partial charge in [-0.25, -0.2) is 14.2 Å². The number of carbonyl (C=O) groups excluding carboxylic acids is 1. The number of fused-ring (bicyclic) bond motifs is 1. The van der Waals surface area contributed by atoms with Crippen molar-refractivity contribution in [2.75, 3.05) is 6.61 Å². The van der Waals surface area contributed by atoms with E-state index in [4.69, 9.17) is 20.8 Å². The maximum Gasteiger partial charge on any atom is 0.338 e. The molecule has 0 saturated heterocycles. The summed E-state index contributed by atoms with van der Waals surface area (Å²) >= 11 is 7.01. The van der Waals surface area contributed by atoms with Gasteiger partial charge in [0.05, 0.1) is 33.4 Å². The van der Waals surface area contributed by atoms with Crippen LogP contribution in [0.25, 0.3) is 17.4 Å². The average Bonchev–Trinajstić information content (AvgIpc) is 3.48. The summed E-state index contributed by atoms with van der Waals surface area (Å²) in [4.78, 5) is 42.0. The van der Waals surface area contributed by atoms with Crippen molar-refractivity contribution in [3.63, 3.8) is 0 Å². The Morgan fingerprint density at radius 1 is 1.26 bits per heavy atom. The molecule has 5 rings (SSSR count). The van der Waals surface area contributed by atoms with E-state index in [1.165, 1.54) is 47.0 Å². The van der Waals surface area contributed by atoms with Gasteiger partial charge in [0, 0.05) is 17.7 Å². The Hall–Kier alpha value is -4.35. The van der Waals surface area contributed by atoms with E-state index in [1.807, 2.05) is 0 Å². The van der Waals surface area contributed by atoms with Gasteiger partial charge >= 0.3 is 5.97 Å². The number of ether oxygens (including phenoxy) is 1. The van der Waals surface area contributed by atoms with Crippen LogP contribution < -0.4 is 14.9 Å². The Morgan fingerprint density at radius 3 is 2.69 bits per heavy atom. The number of hydrogen-bond donors (Lipinski definition) is 0. The number of carbonyl (C=O) groups is 1. The van der Waals surface area contributed by atoms with Crippen LogP contribution in [0.4, 0.5) is 10.1 Å². The molecule has 1 aliphatic heterocycles. The summed E-state index contributed by atoms with van der Waals surface area (Å²) < 4.78 is 26.5. The van der Waals surface area contributed by atoms with Gasteiger partial charge < -0.3 is 9.15 Å². The molecular weight excluding hydrogens is 549 g/mol. The lowest BCUT2D eigenvalue weighted by Gasteiger charge is -2.24. The molecule has 2 aromatic heterocycles. The van der Waals surface area contributed by atoms with Gasteiger partial charge in [-0.3, -0.25) is 19.5 Å². The second-order valence-corrected chi connectivity index (χ2v) is 9.90. The molecule has 0 fully saturated rings. The predicted octanol–water partition coefficient (Wildman–Crippen LogP) is 4.76. The molecule has 3 heterocycles. The Labute approximate surface area is 228 Å². The molecule has 0 unspecified atom stereocenters. The van der Waals surface area contributed by atoms with Crippen molar-refractivity contribution < 1.29 is 23.3 Å². The Bertz CT molecular complexity index is 1840. The molecule has 0 N–H and O–H groups in total. The first-order valence-corrected chi connectivity index (χ1v) is 12.9. The Kier molecular flexibility index (Phi) is 7.02. The van der Waals surface area contributed by atoms with Crippen LogP contribution in [-0.2, 0) is 9.53 Å². The number of nitro benzene ring substituents is 1.